The molecule has 1 atom stereocenters. The fourth-order valence-corrected chi connectivity index (χ4v) is 4.15. The van der Waals surface area contributed by atoms with E-state index in [-0.39, 0.29) is 23.2 Å². The lowest BCUT2D eigenvalue weighted by Crippen LogP contribution is -2.52. The Balaban J connectivity index is 2.66. The zero-order valence-electron chi connectivity index (χ0n) is 13.6. The molecule has 1 rings (SSSR count). The van der Waals surface area contributed by atoms with E-state index in [9.17, 15) is 19.0 Å². The summed E-state index contributed by atoms with van der Waals surface area (Å²) in [4.78, 5) is 13.3. The molecule has 0 aromatic rings. The van der Waals surface area contributed by atoms with Crippen LogP contribution in [0.1, 0.15) is 20.8 Å². The van der Waals surface area contributed by atoms with Gasteiger partial charge in [-0.1, -0.05) is 20.8 Å². The summed E-state index contributed by atoms with van der Waals surface area (Å²) in [6.45, 7) is 11.5. The minimum Gasteiger partial charge on any atom is -0.480 e. The third-order valence-corrected chi connectivity index (χ3v) is 10.7. The van der Waals surface area contributed by atoms with Gasteiger partial charge in [0.25, 0.3) is 0 Å². The summed E-state index contributed by atoms with van der Waals surface area (Å²) >= 11 is 0. The second kappa shape index (κ2) is 6.55. The van der Waals surface area contributed by atoms with E-state index < -0.39 is 30.9 Å². The Labute approximate surface area is 130 Å². The molecule has 1 heterocycles. The topological polar surface area (TPSA) is 90.2 Å². The number of hydrogen-bond acceptors (Lipinski definition) is 5. The van der Waals surface area contributed by atoms with Crippen LogP contribution in [0.25, 0.3) is 0 Å². The van der Waals surface area contributed by atoms with Crippen molar-refractivity contribution in [3.05, 3.63) is 0 Å². The van der Waals surface area contributed by atoms with Crippen LogP contribution in [-0.2, 0) is 9.22 Å². The minimum atomic E-state index is -2.51. The molecular formula is C13H29NO5SSi. The van der Waals surface area contributed by atoms with Gasteiger partial charge >= 0.3 is 5.97 Å². The van der Waals surface area contributed by atoms with Gasteiger partial charge in [0, 0.05) is 13.1 Å². The third-order valence-electron chi connectivity index (χ3n) is 4.54. The number of carboxylic acid groups (broad SMARTS) is 1. The molecule has 6 nitrogen and oxygen atoms in total. The average molecular weight is 340 g/mol. The summed E-state index contributed by atoms with van der Waals surface area (Å²) in [6, 6.07) is -0.713. The highest BCUT2D eigenvalue weighted by Crippen LogP contribution is 2.41. The van der Waals surface area contributed by atoms with Gasteiger partial charge in [-0.2, -0.15) is 10.6 Å². The molecule has 1 aliphatic rings. The summed E-state index contributed by atoms with van der Waals surface area (Å²) in [5.41, 5.74) is 0. The van der Waals surface area contributed by atoms with Gasteiger partial charge in [0.1, 0.15) is 6.04 Å². The molecule has 0 aromatic carbocycles. The summed E-state index contributed by atoms with van der Waals surface area (Å²) < 4.78 is 25.3. The van der Waals surface area contributed by atoms with E-state index in [4.69, 9.17) is 4.43 Å². The van der Waals surface area contributed by atoms with Crippen LogP contribution in [-0.4, -0.2) is 70.6 Å². The molecule has 1 fully saturated rings. The monoisotopic (exact) mass is 339 g/mol. The Hall–Kier alpha value is -0.123. The van der Waals surface area contributed by atoms with Crippen LogP contribution in [0.15, 0.2) is 0 Å². The SMILES string of the molecule is CC(C)(C)[Si](C)(C)OC[C@@H](C(=O)O)N1CCS(O)(O)CC1. The van der Waals surface area contributed by atoms with E-state index in [0.29, 0.717) is 13.1 Å². The molecule has 1 aliphatic heterocycles. The Morgan fingerprint density at radius 2 is 1.76 bits per heavy atom. The Morgan fingerprint density at radius 3 is 2.14 bits per heavy atom. The smallest absolute Gasteiger partial charge is 0.323 e. The van der Waals surface area contributed by atoms with Crippen LogP contribution < -0.4 is 0 Å². The van der Waals surface area contributed by atoms with Crippen molar-refractivity contribution in [2.24, 2.45) is 0 Å². The summed E-state index contributed by atoms with van der Waals surface area (Å²) in [5.74, 6) is -0.416. The zero-order valence-corrected chi connectivity index (χ0v) is 15.4. The normalized spacial score (nSPS) is 23.6. The van der Waals surface area contributed by atoms with E-state index in [1.807, 2.05) is 0 Å². The highest BCUT2D eigenvalue weighted by Gasteiger charge is 2.39. The predicted molar refractivity (Wildman–Crippen MR) is 88.7 cm³/mol. The van der Waals surface area contributed by atoms with Gasteiger partial charge in [-0.3, -0.25) is 18.8 Å². The molecular weight excluding hydrogens is 310 g/mol. The van der Waals surface area contributed by atoms with Crippen molar-refractivity contribution < 1.29 is 23.4 Å². The fourth-order valence-electron chi connectivity index (χ4n) is 1.89. The van der Waals surface area contributed by atoms with Gasteiger partial charge in [-0.25, -0.2) is 0 Å². The lowest BCUT2D eigenvalue weighted by molar-refractivity contribution is -0.144. The number of hydrogen-bond donors (Lipinski definition) is 3. The first-order valence-corrected chi connectivity index (χ1v) is 12.0. The van der Waals surface area contributed by atoms with Gasteiger partial charge in [-0.05, 0) is 18.1 Å². The maximum atomic E-state index is 11.5. The largest absolute Gasteiger partial charge is 0.480 e. The highest BCUT2D eigenvalue weighted by atomic mass is 32.3. The Kier molecular flexibility index (Phi) is 5.91. The van der Waals surface area contributed by atoms with Crippen LogP contribution in [0, 0.1) is 0 Å². The molecule has 0 saturated carbocycles. The molecule has 0 aliphatic carbocycles. The fraction of sp³-hybridized carbons (Fsp3) is 0.923. The van der Waals surface area contributed by atoms with E-state index in [1.165, 1.54) is 0 Å². The summed E-state index contributed by atoms with van der Waals surface area (Å²) in [7, 11) is -4.50. The predicted octanol–water partition coefficient (Wildman–Crippen LogP) is 2.53. The quantitative estimate of drug-likeness (QED) is 0.667. The van der Waals surface area contributed by atoms with Crippen LogP contribution in [0.5, 0.6) is 0 Å². The van der Waals surface area contributed by atoms with Crippen molar-refractivity contribution in [2.75, 3.05) is 31.2 Å². The average Bonchev–Trinajstić information content (AvgIpc) is 2.29. The maximum Gasteiger partial charge on any atom is 0.323 e. The Morgan fingerprint density at radius 1 is 1.29 bits per heavy atom. The van der Waals surface area contributed by atoms with Crippen molar-refractivity contribution in [1.29, 1.82) is 0 Å². The van der Waals surface area contributed by atoms with Crippen molar-refractivity contribution in [3.8, 4) is 0 Å². The van der Waals surface area contributed by atoms with Crippen molar-refractivity contribution in [3.63, 3.8) is 0 Å². The van der Waals surface area contributed by atoms with Gasteiger partial charge in [0.15, 0.2) is 8.32 Å². The number of rotatable bonds is 5. The zero-order chi connectivity index (χ0) is 16.5. The van der Waals surface area contributed by atoms with Gasteiger partial charge in [-0.15, -0.1) is 0 Å². The van der Waals surface area contributed by atoms with Crippen LogP contribution in [0.2, 0.25) is 18.1 Å². The van der Waals surface area contributed by atoms with Crippen LogP contribution in [0.3, 0.4) is 0 Å². The molecule has 1 saturated heterocycles. The third kappa shape index (κ3) is 5.22. The number of carboxylic acids is 1. The molecule has 0 amide bonds. The second-order valence-corrected chi connectivity index (χ2v) is 14.4. The number of aliphatic carboxylic acids is 1. The first kappa shape index (κ1) is 18.9. The standard InChI is InChI=1S/C13H29NO5SSi/c1-13(2,3)21(4,5)19-10-11(12(15)16)14-6-8-20(17,18)9-7-14/h11,17-18H,6-10H2,1-5H3,(H,15,16)/t11-/m0/s1. The molecule has 21 heavy (non-hydrogen) atoms. The molecule has 0 radical (unpaired) electrons. The molecule has 0 spiro atoms. The lowest BCUT2D eigenvalue weighted by Gasteiger charge is -2.43. The van der Waals surface area contributed by atoms with E-state index in [0.717, 1.165) is 0 Å². The Bertz CT molecular complexity index is 373. The second-order valence-electron chi connectivity index (χ2n) is 7.17. The van der Waals surface area contributed by atoms with Crippen molar-refractivity contribution in [2.45, 2.75) is 44.9 Å². The number of nitrogens with zero attached hydrogens (tertiary/aromatic N) is 1. The first-order chi connectivity index (χ1) is 9.36. The molecule has 3 N–H and O–H groups in total. The summed E-state index contributed by atoms with van der Waals surface area (Å²) in [6.07, 6.45) is 0. The van der Waals surface area contributed by atoms with Crippen LogP contribution >= 0.6 is 10.6 Å². The molecule has 126 valence electrons. The van der Waals surface area contributed by atoms with Gasteiger partial charge in [0.05, 0.1) is 18.1 Å². The summed E-state index contributed by atoms with van der Waals surface area (Å²) in [5, 5.41) is 9.47. The van der Waals surface area contributed by atoms with Crippen molar-refractivity contribution >= 4 is 24.9 Å². The molecule has 8 heteroatoms. The van der Waals surface area contributed by atoms with Gasteiger partial charge < -0.3 is 9.53 Å². The van der Waals surface area contributed by atoms with Crippen molar-refractivity contribution in [1.82, 2.24) is 4.90 Å². The number of carbonyl (C=O) groups is 1. The van der Waals surface area contributed by atoms with Crippen LogP contribution in [0.4, 0.5) is 0 Å². The minimum absolute atomic E-state index is 0.0352. The maximum absolute atomic E-state index is 11.5. The molecule has 0 aromatic heterocycles. The molecule has 0 unspecified atom stereocenters. The molecule has 0 bridgehead atoms. The first-order valence-electron chi connectivity index (χ1n) is 7.20. The van der Waals surface area contributed by atoms with E-state index >= 15 is 0 Å². The van der Waals surface area contributed by atoms with E-state index in [1.54, 1.807) is 4.90 Å². The van der Waals surface area contributed by atoms with E-state index in [2.05, 4.69) is 33.9 Å². The lowest BCUT2D eigenvalue weighted by atomic mass is 10.2. The highest BCUT2D eigenvalue weighted by molar-refractivity contribution is 8.24. The van der Waals surface area contributed by atoms with Gasteiger partial charge in [0.2, 0.25) is 0 Å².